The summed E-state index contributed by atoms with van der Waals surface area (Å²) in [6.07, 6.45) is 3.00. The standard InChI is InChI=1S/C14H21NO2/c1-14(17,10-11-5-7-15-8-6-11)12-3-2-4-13(16)9-12/h2-4,9,11,15-17H,5-8,10H2,1H3. The van der Waals surface area contributed by atoms with Gasteiger partial charge < -0.3 is 15.5 Å². The maximum absolute atomic E-state index is 10.5. The second-order valence-electron chi connectivity index (χ2n) is 5.22. The number of aromatic hydroxyl groups is 1. The van der Waals surface area contributed by atoms with Gasteiger partial charge in [-0.25, -0.2) is 0 Å². The Balaban J connectivity index is 2.06. The van der Waals surface area contributed by atoms with Gasteiger partial charge in [-0.05, 0) is 62.9 Å². The zero-order chi connectivity index (χ0) is 12.3. The first-order valence-electron chi connectivity index (χ1n) is 6.30. The van der Waals surface area contributed by atoms with Crippen molar-refractivity contribution in [1.82, 2.24) is 5.32 Å². The zero-order valence-corrected chi connectivity index (χ0v) is 10.3. The quantitative estimate of drug-likeness (QED) is 0.751. The Hall–Kier alpha value is -1.06. The Kier molecular flexibility index (Phi) is 3.69. The van der Waals surface area contributed by atoms with E-state index in [1.54, 1.807) is 18.2 Å². The molecule has 0 amide bonds. The van der Waals surface area contributed by atoms with Gasteiger partial charge in [-0.2, -0.15) is 0 Å². The molecule has 2 rings (SSSR count). The molecule has 0 radical (unpaired) electrons. The molecular weight excluding hydrogens is 214 g/mol. The summed E-state index contributed by atoms with van der Waals surface area (Å²) in [5.41, 5.74) is -0.0446. The van der Waals surface area contributed by atoms with E-state index in [-0.39, 0.29) is 5.75 Å². The van der Waals surface area contributed by atoms with Crippen molar-refractivity contribution >= 4 is 0 Å². The summed E-state index contributed by atoms with van der Waals surface area (Å²) < 4.78 is 0. The molecule has 3 N–H and O–H groups in total. The Morgan fingerprint density at radius 1 is 1.35 bits per heavy atom. The Morgan fingerprint density at radius 3 is 2.71 bits per heavy atom. The first-order valence-corrected chi connectivity index (χ1v) is 6.30. The first-order chi connectivity index (χ1) is 8.08. The molecule has 1 aromatic rings. The second kappa shape index (κ2) is 5.07. The maximum atomic E-state index is 10.5. The number of hydrogen-bond acceptors (Lipinski definition) is 3. The number of phenolic OH excluding ortho intramolecular Hbond substituents is 1. The molecule has 1 unspecified atom stereocenters. The van der Waals surface area contributed by atoms with E-state index in [1.165, 1.54) is 0 Å². The van der Waals surface area contributed by atoms with E-state index in [2.05, 4.69) is 5.32 Å². The van der Waals surface area contributed by atoms with Crippen molar-refractivity contribution in [2.75, 3.05) is 13.1 Å². The van der Waals surface area contributed by atoms with Crippen LogP contribution in [0.25, 0.3) is 0 Å². The average molecular weight is 235 g/mol. The van der Waals surface area contributed by atoms with E-state index in [0.29, 0.717) is 5.92 Å². The molecule has 0 aromatic heterocycles. The molecule has 94 valence electrons. The number of aliphatic hydroxyl groups is 1. The van der Waals surface area contributed by atoms with Gasteiger partial charge >= 0.3 is 0 Å². The second-order valence-corrected chi connectivity index (χ2v) is 5.22. The lowest BCUT2D eigenvalue weighted by atomic mass is 9.82. The van der Waals surface area contributed by atoms with Gasteiger partial charge in [0.05, 0.1) is 5.60 Å². The number of benzene rings is 1. The average Bonchev–Trinajstić information content (AvgIpc) is 2.30. The van der Waals surface area contributed by atoms with Crippen molar-refractivity contribution in [1.29, 1.82) is 0 Å². The highest BCUT2D eigenvalue weighted by molar-refractivity contribution is 5.30. The molecule has 0 bridgehead atoms. The van der Waals surface area contributed by atoms with Crippen LogP contribution in [0.4, 0.5) is 0 Å². The molecule has 3 heteroatoms. The van der Waals surface area contributed by atoms with Gasteiger partial charge in [-0.3, -0.25) is 0 Å². The van der Waals surface area contributed by atoms with Crippen molar-refractivity contribution in [3.05, 3.63) is 29.8 Å². The smallest absolute Gasteiger partial charge is 0.115 e. The van der Waals surface area contributed by atoms with Gasteiger partial charge in [0.15, 0.2) is 0 Å². The summed E-state index contributed by atoms with van der Waals surface area (Å²) in [5, 5.41) is 23.3. The van der Waals surface area contributed by atoms with Crippen LogP contribution < -0.4 is 5.32 Å². The van der Waals surface area contributed by atoms with Gasteiger partial charge in [-0.1, -0.05) is 12.1 Å². The van der Waals surface area contributed by atoms with Crippen molar-refractivity contribution in [2.45, 2.75) is 31.8 Å². The normalized spacial score (nSPS) is 21.1. The summed E-state index contributed by atoms with van der Waals surface area (Å²) in [5.74, 6) is 0.779. The molecule has 1 aromatic carbocycles. The van der Waals surface area contributed by atoms with Crippen molar-refractivity contribution in [3.63, 3.8) is 0 Å². The summed E-state index contributed by atoms with van der Waals surface area (Å²) in [6.45, 7) is 3.92. The number of hydrogen-bond donors (Lipinski definition) is 3. The molecule has 17 heavy (non-hydrogen) atoms. The molecule has 1 aliphatic heterocycles. The Morgan fingerprint density at radius 2 is 2.06 bits per heavy atom. The molecule has 1 saturated heterocycles. The van der Waals surface area contributed by atoms with E-state index < -0.39 is 5.60 Å². The van der Waals surface area contributed by atoms with Gasteiger partial charge in [0, 0.05) is 0 Å². The lowest BCUT2D eigenvalue weighted by Crippen LogP contribution is -2.32. The highest BCUT2D eigenvalue weighted by Crippen LogP contribution is 2.32. The van der Waals surface area contributed by atoms with Crippen LogP contribution in [0.3, 0.4) is 0 Å². The molecular formula is C14H21NO2. The van der Waals surface area contributed by atoms with Crippen molar-refractivity contribution in [3.8, 4) is 5.75 Å². The van der Waals surface area contributed by atoms with E-state index >= 15 is 0 Å². The predicted octanol–water partition coefficient (Wildman–Crippen LogP) is 1.99. The van der Waals surface area contributed by atoms with Crippen LogP contribution in [0.15, 0.2) is 24.3 Å². The lowest BCUT2D eigenvalue weighted by Gasteiger charge is -2.31. The van der Waals surface area contributed by atoms with Crippen LogP contribution in [0.5, 0.6) is 5.75 Å². The number of phenols is 1. The topological polar surface area (TPSA) is 52.5 Å². The third-order valence-electron chi connectivity index (χ3n) is 3.61. The molecule has 1 atom stereocenters. The van der Waals surface area contributed by atoms with E-state index in [0.717, 1.165) is 37.9 Å². The van der Waals surface area contributed by atoms with Gasteiger partial charge in [0.2, 0.25) is 0 Å². The first kappa shape index (κ1) is 12.4. The SMILES string of the molecule is CC(O)(CC1CCNCC1)c1cccc(O)c1. The zero-order valence-electron chi connectivity index (χ0n) is 10.3. The van der Waals surface area contributed by atoms with E-state index in [4.69, 9.17) is 0 Å². The van der Waals surface area contributed by atoms with Crippen LogP contribution in [-0.4, -0.2) is 23.3 Å². The Labute approximate surface area is 102 Å². The van der Waals surface area contributed by atoms with Crippen LogP contribution >= 0.6 is 0 Å². The highest BCUT2D eigenvalue weighted by Gasteiger charge is 2.28. The van der Waals surface area contributed by atoms with Gasteiger partial charge in [-0.15, -0.1) is 0 Å². The highest BCUT2D eigenvalue weighted by atomic mass is 16.3. The third-order valence-corrected chi connectivity index (χ3v) is 3.61. The van der Waals surface area contributed by atoms with Gasteiger partial charge in [0.25, 0.3) is 0 Å². The molecule has 1 fully saturated rings. The molecule has 0 spiro atoms. The number of nitrogens with one attached hydrogen (secondary N) is 1. The van der Waals surface area contributed by atoms with Crippen molar-refractivity contribution in [2.24, 2.45) is 5.92 Å². The Bertz CT molecular complexity index is 370. The largest absolute Gasteiger partial charge is 0.508 e. The number of piperidine rings is 1. The summed E-state index contributed by atoms with van der Waals surface area (Å²) in [4.78, 5) is 0. The van der Waals surface area contributed by atoms with Crippen molar-refractivity contribution < 1.29 is 10.2 Å². The molecule has 3 nitrogen and oxygen atoms in total. The van der Waals surface area contributed by atoms with E-state index in [9.17, 15) is 10.2 Å². The van der Waals surface area contributed by atoms with Gasteiger partial charge in [0.1, 0.15) is 5.75 Å². The molecule has 1 aliphatic rings. The molecule has 0 aliphatic carbocycles. The fourth-order valence-corrected chi connectivity index (χ4v) is 2.61. The molecule has 0 saturated carbocycles. The predicted molar refractivity (Wildman–Crippen MR) is 67.9 cm³/mol. The lowest BCUT2D eigenvalue weighted by molar-refractivity contribution is 0.0248. The molecule has 1 heterocycles. The maximum Gasteiger partial charge on any atom is 0.115 e. The van der Waals surface area contributed by atoms with Crippen LogP contribution in [0, 0.1) is 5.92 Å². The monoisotopic (exact) mass is 235 g/mol. The summed E-state index contributed by atoms with van der Waals surface area (Å²) in [6, 6.07) is 6.94. The number of rotatable bonds is 3. The minimum absolute atomic E-state index is 0.216. The minimum Gasteiger partial charge on any atom is -0.508 e. The summed E-state index contributed by atoms with van der Waals surface area (Å²) >= 11 is 0. The summed E-state index contributed by atoms with van der Waals surface area (Å²) in [7, 11) is 0. The van der Waals surface area contributed by atoms with Crippen LogP contribution in [-0.2, 0) is 5.60 Å². The van der Waals surface area contributed by atoms with Crippen LogP contribution in [0.2, 0.25) is 0 Å². The van der Waals surface area contributed by atoms with Crippen LogP contribution in [0.1, 0.15) is 31.7 Å². The fourth-order valence-electron chi connectivity index (χ4n) is 2.61. The minimum atomic E-state index is -0.846. The fraction of sp³-hybridized carbons (Fsp3) is 0.571. The van der Waals surface area contributed by atoms with E-state index in [1.807, 2.05) is 13.0 Å². The third kappa shape index (κ3) is 3.20.